The van der Waals surface area contributed by atoms with E-state index >= 15 is 0 Å². The first kappa shape index (κ1) is 14.2. The lowest BCUT2D eigenvalue weighted by molar-refractivity contribution is 1.15. The molecule has 0 atom stereocenters. The van der Waals surface area contributed by atoms with Gasteiger partial charge in [-0.2, -0.15) is 0 Å². The smallest absolute Gasteiger partial charge is 0.0775 e. The number of benzene rings is 2. The Bertz CT molecular complexity index is 526. The zero-order chi connectivity index (χ0) is 13.9. The molecule has 0 bridgehead atoms. The standard InChI is InChI=1S/C16H20ClNSi/c1-19(2,3)16-10-4-13(5-11-16)12-18-15-8-6-14(17)7-9-15/h4-11,18H,12H2,1-3H3. The molecule has 0 heterocycles. The Morgan fingerprint density at radius 3 is 2.00 bits per heavy atom. The van der Waals surface area contributed by atoms with Crippen LogP contribution in [0, 0.1) is 0 Å². The van der Waals surface area contributed by atoms with Crippen molar-refractivity contribution in [2.45, 2.75) is 26.2 Å². The van der Waals surface area contributed by atoms with Crippen molar-refractivity contribution in [3.05, 3.63) is 59.1 Å². The van der Waals surface area contributed by atoms with Crippen LogP contribution in [-0.2, 0) is 6.54 Å². The molecule has 3 heteroatoms. The summed E-state index contributed by atoms with van der Waals surface area (Å²) in [6.45, 7) is 7.95. The molecule has 19 heavy (non-hydrogen) atoms. The van der Waals surface area contributed by atoms with E-state index in [-0.39, 0.29) is 0 Å². The Labute approximate surface area is 121 Å². The van der Waals surface area contributed by atoms with Crippen LogP contribution < -0.4 is 10.5 Å². The van der Waals surface area contributed by atoms with Gasteiger partial charge in [0.1, 0.15) is 0 Å². The van der Waals surface area contributed by atoms with E-state index in [1.54, 1.807) is 0 Å². The summed E-state index contributed by atoms with van der Waals surface area (Å²) < 4.78 is 0. The zero-order valence-electron chi connectivity index (χ0n) is 11.7. The fraction of sp³-hybridized carbons (Fsp3) is 0.250. The highest BCUT2D eigenvalue weighted by molar-refractivity contribution is 6.88. The molecule has 100 valence electrons. The highest BCUT2D eigenvalue weighted by atomic mass is 35.5. The van der Waals surface area contributed by atoms with E-state index in [0.29, 0.717) is 0 Å². The minimum Gasteiger partial charge on any atom is -0.381 e. The fourth-order valence-electron chi connectivity index (χ4n) is 1.89. The number of nitrogens with one attached hydrogen (secondary N) is 1. The molecule has 2 aromatic rings. The lowest BCUT2D eigenvalue weighted by Gasteiger charge is -2.17. The largest absolute Gasteiger partial charge is 0.381 e. The predicted molar refractivity (Wildman–Crippen MR) is 88.2 cm³/mol. The number of halogens is 1. The van der Waals surface area contributed by atoms with Gasteiger partial charge in [-0.3, -0.25) is 0 Å². The maximum absolute atomic E-state index is 5.87. The number of anilines is 1. The van der Waals surface area contributed by atoms with Gasteiger partial charge in [-0.15, -0.1) is 0 Å². The number of hydrogen-bond donors (Lipinski definition) is 1. The molecule has 1 nitrogen and oxygen atoms in total. The lowest BCUT2D eigenvalue weighted by Crippen LogP contribution is -2.37. The summed E-state index contributed by atoms with van der Waals surface area (Å²) in [5.74, 6) is 0. The quantitative estimate of drug-likeness (QED) is 0.817. The molecular weight excluding hydrogens is 270 g/mol. The summed E-state index contributed by atoms with van der Waals surface area (Å²) in [6.07, 6.45) is 0. The van der Waals surface area contributed by atoms with E-state index in [0.717, 1.165) is 17.3 Å². The molecule has 0 saturated carbocycles. The Kier molecular flexibility index (Phi) is 4.33. The molecular formula is C16H20ClNSi. The second kappa shape index (κ2) is 5.80. The molecule has 0 amide bonds. The topological polar surface area (TPSA) is 12.0 Å². The molecule has 0 radical (unpaired) electrons. The summed E-state index contributed by atoms with van der Waals surface area (Å²) >= 11 is 5.87. The average Bonchev–Trinajstić information content (AvgIpc) is 2.37. The van der Waals surface area contributed by atoms with Crippen molar-refractivity contribution in [3.8, 4) is 0 Å². The SMILES string of the molecule is C[Si](C)(C)c1ccc(CNc2ccc(Cl)cc2)cc1. The molecule has 2 aromatic carbocycles. The lowest BCUT2D eigenvalue weighted by atomic mass is 10.2. The first-order valence-electron chi connectivity index (χ1n) is 6.54. The summed E-state index contributed by atoms with van der Waals surface area (Å²) in [4.78, 5) is 0. The highest BCUT2D eigenvalue weighted by Gasteiger charge is 2.15. The van der Waals surface area contributed by atoms with Crippen LogP contribution in [0.3, 0.4) is 0 Å². The van der Waals surface area contributed by atoms with Gasteiger partial charge >= 0.3 is 0 Å². The van der Waals surface area contributed by atoms with Crippen molar-refractivity contribution in [1.29, 1.82) is 0 Å². The van der Waals surface area contributed by atoms with Crippen LogP contribution in [0.15, 0.2) is 48.5 Å². The van der Waals surface area contributed by atoms with E-state index in [1.807, 2.05) is 24.3 Å². The maximum Gasteiger partial charge on any atom is 0.0775 e. The first-order valence-corrected chi connectivity index (χ1v) is 10.4. The summed E-state index contributed by atoms with van der Waals surface area (Å²) in [7, 11) is -1.18. The van der Waals surface area contributed by atoms with Crippen LogP contribution >= 0.6 is 11.6 Å². The second-order valence-corrected chi connectivity index (χ2v) is 11.3. The molecule has 0 aliphatic carbocycles. The van der Waals surface area contributed by atoms with Gasteiger partial charge in [0.25, 0.3) is 0 Å². The van der Waals surface area contributed by atoms with Gasteiger partial charge in [0, 0.05) is 17.3 Å². The van der Waals surface area contributed by atoms with E-state index in [1.165, 1.54) is 10.8 Å². The van der Waals surface area contributed by atoms with E-state index < -0.39 is 8.07 Å². The average molecular weight is 290 g/mol. The van der Waals surface area contributed by atoms with Crippen LogP contribution in [0.5, 0.6) is 0 Å². The van der Waals surface area contributed by atoms with E-state index in [2.05, 4.69) is 49.2 Å². The second-order valence-electron chi connectivity index (χ2n) is 5.81. The molecule has 0 aliphatic heterocycles. The van der Waals surface area contributed by atoms with Gasteiger partial charge in [-0.25, -0.2) is 0 Å². The highest BCUT2D eigenvalue weighted by Crippen LogP contribution is 2.14. The molecule has 1 N–H and O–H groups in total. The Morgan fingerprint density at radius 1 is 0.895 bits per heavy atom. The Morgan fingerprint density at radius 2 is 1.47 bits per heavy atom. The van der Waals surface area contributed by atoms with Crippen molar-refractivity contribution in [3.63, 3.8) is 0 Å². The minimum atomic E-state index is -1.18. The van der Waals surface area contributed by atoms with Crippen LogP contribution in [0.2, 0.25) is 24.7 Å². The summed E-state index contributed by atoms with van der Waals surface area (Å²) in [5.41, 5.74) is 2.40. The van der Waals surface area contributed by atoms with Crippen molar-refractivity contribution >= 4 is 30.5 Å². The molecule has 2 rings (SSSR count). The third kappa shape index (κ3) is 4.12. The zero-order valence-corrected chi connectivity index (χ0v) is 13.5. The molecule has 0 unspecified atom stereocenters. The number of rotatable bonds is 4. The van der Waals surface area contributed by atoms with Gasteiger partial charge in [-0.05, 0) is 29.8 Å². The fourth-order valence-corrected chi connectivity index (χ4v) is 3.19. The minimum absolute atomic E-state index is 0.769. The van der Waals surface area contributed by atoms with Gasteiger partial charge < -0.3 is 5.32 Å². The normalized spacial score (nSPS) is 11.4. The van der Waals surface area contributed by atoms with Gasteiger partial charge in [-0.1, -0.05) is 60.7 Å². The Hall–Kier alpha value is -1.25. The van der Waals surface area contributed by atoms with Gasteiger partial charge in [0.15, 0.2) is 0 Å². The molecule has 0 aliphatic rings. The van der Waals surface area contributed by atoms with Crippen molar-refractivity contribution in [1.82, 2.24) is 0 Å². The first-order chi connectivity index (χ1) is 8.95. The van der Waals surface area contributed by atoms with Gasteiger partial charge in [0.2, 0.25) is 0 Å². The monoisotopic (exact) mass is 289 g/mol. The van der Waals surface area contributed by atoms with Crippen molar-refractivity contribution in [2.24, 2.45) is 0 Å². The van der Waals surface area contributed by atoms with Gasteiger partial charge in [0.05, 0.1) is 8.07 Å². The molecule has 0 saturated heterocycles. The maximum atomic E-state index is 5.87. The van der Waals surface area contributed by atoms with Crippen LogP contribution in [0.25, 0.3) is 0 Å². The third-order valence-electron chi connectivity index (χ3n) is 3.16. The van der Waals surface area contributed by atoms with Crippen molar-refractivity contribution < 1.29 is 0 Å². The molecule has 0 aromatic heterocycles. The summed E-state index contributed by atoms with van der Waals surface area (Å²) in [6, 6.07) is 16.8. The predicted octanol–water partition coefficient (Wildman–Crippen LogP) is 4.50. The Balaban J connectivity index is 1.98. The molecule has 0 fully saturated rings. The summed E-state index contributed by atoms with van der Waals surface area (Å²) in [5, 5.41) is 5.67. The van der Waals surface area contributed by atoms with Crippen LogP contribution in [0.1, 0.15) is 5.56 Å². The molecule has 0 spiro atoms. The number of hydrogen-bond acceptors (Lipinski definition) is 1. The van der Waals surface area contributed by atoms with E-state index in [9.17, 15) is 0 Å². The van der Waals surface area contributed by atoms with Crippen LogP contribution in [-0.4, -0.2) is 8.07 Å². The third-order valence-corrected chi connectivity index (χ3v) is 5.48. The van der Waals surface area contributed by atoms with Crippen molar-refractivity contribution in [2.75, 3.05) is 5.32 Å². The van der Waals surface area contributed by atoms with E-state index in [4.69, 9.17) is 11.6 Å². The van der Waals surface area contributed by atoms with Crippen LogP contribution in [0.4, 0.5) is 5.69 Å².